The first-order chi connectivity index (χ1) is 26.1. The normalized spacial score (nSPS) is 13.2. The number of fused-ring (bicyclic) bond motifs is 10. The molecule has 0 saturated carbocycles. The molecule has 11 rings (SSSR count). The Morgan fingerprint density at radius 2 is 1.02 bits per heavy atom. The van der Waals surface area contributed by atoms with Crippen molar-refractivity contribution in [1.82, 2.24) is 24.1 Å². The van der Waals surface area contributed by atoms with E-state index in [0.717, 1.165) is 33.2 Å². The molecule has 0 atom stereocenters. The fraction of sp³-hybridized carbons (Fsp3) is 0.0625. The lowest BCUT2D eigenvalue weighted by atomic mass is 9.82. The van der Waals surface area contributed by atoms with Crippen LogP contribution in [0.25, 0.3) is 89.2 Å². The summed E-state index contributed by atoms with van der Waals surface area (Å²) in [6.45, 7) is 4.68. The molecule has 0 N–H and O–H groups in total. The first kappa shape index (κ1) is 29.8. The van der Waals surface area contributed by atoms with E-state index >= 15 is 0 Å². The van der Waals surface area contributed by atoms with Gasteiger partial charge in [-0.25, -0.2) is 4.98 Å². The lowest BCUT2D eigenvalue weighted by Crippen LogP contribution is -2.14. The second-order valence-electron chi connectivity index (χ2n) is 14.5. The zero-order chi connectivity index (χ0) is 35.3. The second-order valence-corrected chi connectivity index (χ2v) is 14.5. The van der Waals surface area contributed by atoms with Gasteiger partial charge in [0.05, 0.1) is 22.1 Å². The zero-order valence-corrected chi connectivity index (χ0v) is 29.3. The Hall–Kier alpha value is -6.85. The molecular weight excluding hydrogens is 647 g/mol. The number of aromatic nitrogens is 5. The van der Waals surface area contributed by atoms with Gasteiger partial charge in [-0.1, -0.05) is 147 Å². The molecule has 53 heavy (non-hydrogen) atoms. The van der Waals surface area contributed by atoms with Gasteiger partial charge in [0.25, 0.3) is 0 Å². The summed E-state index contributed by atoms with van der Waals surface area (Å²) in [6, 6.07) is 58.1. The third-order valence-corrected chi connectivity index (χ3v) is 11.2. The van der Waals surface area contributed by atoms with E-state index in [1.165, 1.54) is 49.4 Å². The van der Waals surface area contributed by atoms with Crippen molar-refractivity contribution in [2.24, 2.45) is 0 Å². The molecule has 0 amide bonds. The third-order valence-electron chi connectivity index (χ3n) is 11.2. The van der Waals surface area contributed by atoms with E-state index in [1.807, 2.05) is 36.4 Å². The van der Waals surface area contributed by atoms with Crippen LogP contribution in [0.5, 0.6) is 0 Å². The first-order valence-corrected chi connectivity index (χ1v) is 18.1. The van der Waals surface area contributed by atoms with Crippen molar-refractivity contribution in [1.29, 1.82) is 0 Å². The van der Waals surface area contributed by atoms with Gasteiger partial charge in [0.2, 0.25) is 5.95 Å². The van der Waals surface area contributed by atoms with Crippen LogP contribution < -0.4 is 0 Å². The second kappa shape index (κ2) is 11.1. The van der Waals surface area contributed by atoms with Crippen molar-refractivity contribution >= 4 is 43.6 Å². The number of benzene rings is 7. The topological polar surface area (TPSA) is 48.5 Å². The van der Waals surface area contributed by atoms with Gasteiger partial charge in [-0.05, 0) is 52.6 Å². The van der Waals surface area contributed by atoms with Crippen LogP contribution in [-0.2, 0) is 5.41 Å². The Morgan fingerprint density at radius 3 is 1.68 bits per heavy atom. The molecule has 3 aromatic heterocycles. The number of hydrogen-bond acceptors (Lipinski definition) is 3. The van der Waals surface area contributed by atoms with Crippen molar-refractivity contribution in [2.45, 2.75) is 19.3 Å². The van der Waals surface area contributed by atoms with E-state index in [-0.39, 0.29) is 5.41 Å². The molecule has 1 aliphatic carbocycles. The van der Waals surface area contributed by atoms with E-state index < -0.39 is 0 Å². The van der Waals surface area contributed by atoms with Crippen molar-refractivity contribution in [2.75, 3.05) is 0 Å². The van der Waals surface area contributed by atoms with E-state index in [2.05, 4.69) is 150 Å². The average molecular weight is 680 g/mol. The molecule has 0 fully saturated rings. The summed E-state index contributed by atoms with van der Waals surface area (Å²) in [5.74, 6) is 1.86. The Bertz CT molecular complexity index is 2970. The first-order valence-electron chi connectivity index (χ1n) is 18.1. The molecule has 10 aromatic rings. The summed E-state index contributed by atoms with van der Waals surface area (Å²) >= 11 is 0. The lowest BCUT2D eigenvalue weighted by molar-refractivity contribution is 0.661. The molecule has 0 spiro atoms. The van der Waals surface area contributed by atoms with Crippen LogP contribution in [0.15, 0.2) is 164 Å². The summed E-state index contributed by atoms with van der Waals surface area (Å²) in [5, 5.41) is 4.85. The van der Waals surface area contributed by atoms with Gasteiger partial charge in [0.15, 0.2) is 11.6 Å². The van der Waals surface area contributed by atoms with Gasteiger partial charge >= 0.3 is 0 Å². The third kappa shape index (κ3) is 4.28. The van der Waals surface area contributed by atoms with Gasteiger partial charge in [-0.3, -0.25) is 4.57 Å². The highest BCUT2D eigenvalue weighted by molar-refractivity contribution is 6.18. The molecule has 0 radical (unpaired) electrons. The van der Waals surface area contributed by atoms with E-state index in [4.69, 9.17) is 15.0 Å². The zero-order valence-electron chi connectivity index (χ0n) is 29.3. The smallest absolute Gasteiger partial charge is 0.238 e. The van der Waals surface area contributed by atoms with E-state index in [9.17, 15) is 0 Å². The highest BCUT2D eigenvalue weighted by atomic mass is 15.2. The van der Waals surface area contributed by atoms with Crippen molar-refractivity contribution < 1.29 is 0 Å². The molecule has 5 nitrogen and oxygen atoms in total. The van der Waals surface area contributed by atoms with Crippen LogP contribution in [0.3, 0.4) is 0 Å². The summed E-state index contributed by atoms with van der Waals surface area (Å²) < 4.78 is 4.64. The highest BCUT2D eigenvalue weighted by Crippen LogP contribution is 2.53. The maximum absolute atomic E-state index is 5.26. The van der Waals surface area contributed by atoms with Crippen LogP contribution in [-0.4, -0.2) is 24.1 Å². The monoisotopic (exact) mass is 679 g/mol. The van der Waals surface area contributed by atoms with Crippen LogP contribution in [0.4, 0.5) is 0 Å². The largest absolute Gasteiger partial charge is 0.309 e. The minimum Gasteiger partial charge on any atom is -0.309 e. The number of rotatable bonds is 4. The molecular formula is C48H33N5. The fourth-order valence-corrected chi connectivity index (χ4v) is 8.74. The predicted octanol–water partition coefficient (Wildman–Crippen LogP) is 11.7. The van der Waals surface area contributed by atoms with E-state index in [0.29, 0.717) is 17.6 Å². The van der Waals surface area contributed by atoms with Crippen LogP contribution in [0.1, 0.15) is 25.0 Å². The minimum atomic E-state index is -0.133. The van der Waals surface area contributed by atoms with Gasteiger partial charge in [-0.2, -0.15) is 9.97 Å². The molecule has 5 heteroatoms. The van der Waals surface area contributed by atoms with Gasteiger partial charge in [0, 0.05) is 43.8 Å². The van der Waals surface area contributed by atoms with Gasteiger partial charge in [0.1, 0.15) is 0 Å². The number of hydrogen-bond donors (Lipinski definition) is 0. The Labute approximate surface area is 306 Å². The molecule has 1 aliphatic rings. The Kier molecular flexibility index (Phi) is 6.23. The predicted molar refractivity (Wildman–Crippen MR) is 217 cm³/mol. The summed E-state index contributed by atoms with van der Waals surface area (Å²) in [6.07, 6.45) is 0. The quantitative estimate of drug-likeness (QED) is 0.186. The minimum absolute atomic E-state index is 0.133. The highest BCUT2D eigenvalue weighted by Gasteiger charge is 2.37. The molecule has 3 heterocycles. The van der Waals surface area contributed by atoms with Crippen molar-refractivity contribution in [3.63, 3.8) is 0 Å². The maximum atomic E-state index is 5.26. The summed E-state index contributed by atoms with van der Waals surface area (Å²) in [5.41, 5.74) is 12.5. The van der Waals surface area contributed by atoms with Crippen molar-refractivity contribution in [3.05, 3.63) is 175 Å². The van der Waals surface area contributed by atoms with Crippen LogP contribution >= 0.6 is 0 Å². The molecule has 7 aromatic carbocycles. The number of nitrogens with zero attached hydrogens (tertiary/aromatic N) is 5. The van der Waals surface area contributed by atoms with Gasteiger partial charge < -0.3 is 4.57 Å². The number of para-hydroxylation sites is 2. The van der Waals surface area contributed by atoms with Gasteiger partial charge in [-0.15, -0.1) is 0 Å². The average Bonchev–Trinajstić information content (AvgIpc) is 3.81. The fourth-order valence-electron chi connectivity index (χ4n) is 8.74. The Balaban J connectivity index is 1.28. The molecule has 250 valence electrons. The maximum Gasteiger partial charge on any atom is 0.238 e. The molecule has 0 bridgehead atoms. The van der Waals surface area contributed by atoms with Crippen molar-refractivity contribution in [3.8, 4) is 45.5 Å². The Morgan fingerprint density at radius 1 is 0.434 bits per heavy atom. The van der Waals surface area contributed by atoms with Crippen LogP contribution in [0, 0.1) is 0 Å². The molecule has 0 saturated heterocycles. The molecule has 0 unspecified atom stereocenters. The summed E-state index contributed by atoms with van der Waals surface area (Å²) in [4.78, 5) is 15.6. The summed E-state index contributed by atoms with van der Waals surface area (Å²) in [7, 11) is 0. The lowest BCUT2D eigenvalue weighted by Gasteiger charge is -2.21. The standard InChI is InChI=1S/C48H33N5/c1-48(2)37-22-12-9-21-35(37)43-38(48)27-28-41-44(43)36-26-25-32(52-39-23-13-10-19-33(39)34-20-11-14-24-40(34)52)29-42(36)53(41)47-50-45(30-15-5-3-6-16-30)49-46(51-47)31-17-7-4-8-18-31/h3-29H,1-2H3. The van der Waals surface area contributed by atoms with E-state index in [1.54, 1.807) is 0 Å². The van der Waals surface area contributed by atoms with Crippen LogP contribution in [0.2, 0.25) is 0 Å². The SMILES string of the molecule is CC1(C)c2ccccc2-c2c1ccc1c2c2ccc(-n3c4ccccc4c4ccccc43)cc2n1-c1nc(-c2ccccc2)nc(-c2ccccc2)n1. The molecule has 0 aliphatic heterocycles.